The molecule has 3 amide bonds. The first-order valence-corrected chi connectivity index (χ1v) is 6.87. The van der Waals surface area contributed by atoms with Crippen LogP contribution in [0.25, 0.3) is 0 Å². The minimum atomic E-state index is -1.15. The number of ether oxygens (including phenoxy) is 2. The maximum atomic E-state index is 11.9. The number of hydrogen-bond acceptors (Lipinski definition) is 6. The van der Waals surface area contributed by atoms with Gasteiger partial charge >= 0.3 is 18.0 Å². The highest BCUT2D eigenvalue weighted by Crippen LogP contribution is 2.08. The highest BCUT2D eigenvalue weighted by atomic mass is 16.5. The number of rotatable bonds is 5. The minimum Gasteiger partial charge on any atom is -0.465 e. The van der Waals surface area contributed by atoms with E-state index in [-0.39, 0.29) is 11.1 Å². The van der Waals surface area contributed by atoms with Crippen molar-refractivity contribution in [3.8, 4) is 0 Å². The van der Waals surface area contributed by atoms with E-state index in [9.17, 15) is 19.2 Å². The van der Waals surface area contributed by atoms with E-state index in [2.05, 4.69) is 10.1 Å². The molecule has 0 saturated heterocycles. The molecule has 0 radical (unpaired) electrons. The topological polar surface area (TPSA) is 111 Å². The Morgan fingerprint density at radius 2 is 1.57 bits per heavy atom. The molecule has 23 heavy (non-hydrogen) atoms. The zero-order valence-electron chi connectivity index (χ0n) is 13.0. The van der Waals surface area contributed by atoms with E-state index in [1.54, 1.807) is 6.92 Å². The summed E-state index contributed by atoms with van der Waals surface area (Å²) in [6.45, 7) is 3.40. The highest BCUT2D eigenvalue weighted by molar-refractivity contribution is 5.98. The summed E-state index contributed by atoms with van der Waals surface area (Å²) in [5, 5.41) is 4.43. The molecule has 2 N–H and O–H groups in total. The van der Waals surface area contributed by atoms with Gasteiger partial charge in [0.25, 0.3) is 5.91 Å². The molecule has 1 aromatic carbocycles. The molecule has 0 fully saturated rings. The van der Waals surface area contributed by atoms with Gasteiger partial charge in [0.05, 0.1) is 18.2 Å². The van der Waals surface area contributed by atoms with Gasteiger partial charge in [0.2, 0.25) is 0 Å². The Bertz CT molecular complexity index is 596. The SMILES string of the molecule is CCNC(=O)NC(=O)C(C)OC(=O)c1ccc(C(=O)OC)cc1. The standard InChI is InChI=1S/C15H18N2O6/c1-4-16-15(21)17-12(18)9(2)23-14(20)11-7-5-10(6-8-11)13(19)22-3/h5-9H,4H2,1-3H3,(H2,16,17,18,21). The second-order valence-corrected chi connectivity index (χ2v) is 4.47. The molecule has 0 aliphatic heterocycles. The maximum absolute atomic E-state index is 11.9. The van der Waals surface area contributed by atoms with Gasteiger partial charge in [0.1, 0.15) is 0 Å². The van der Waals surface area contributed by atoms with Crippen molar-refractivity contribution in [2.75, 3.05) is 13.7 Å². The maximum Gasteiger partial charge on any atom is 0.338 e. The van der Waals surface area contributed by atoms with Crippen molar-refractivity contribution in [2.24, 2.45) is 0 Å². The Kier molecular flexibility index (Phi) is 6.72. The molecule has 0 saturated carbocycles. The summed E-state index contributed by atoms with van der Waals surface area (Å²) in [7, 11) is 1.25. The largest absolute Gasteiger partial charge is 0.465 e. The molecular formula is C15H18N2O6. The van der Waals surface area contributed by atoms with E-state index in [1.807, 2.05) is 5.32 Å². The van der Waals surface area contributed by atoms with Gasteiger partial charge in [-0.15, -0.1) is 0 Å². The molecule has 0 spiro atoms. The van der Waals surface area contributed by atoms with E-state index in [0.717, 1.165) is 0 Å². The zero-order valence-corrected chi connectivity index (χ0v) is 13.0. The van der Waals surface area contributed by atoms with Gasteiger partial charge in [-0.05, 0) is 38.1 Å². The van der Waals surface area contributed by atoms with Crippen LogP contribution in [-0.4, -0.2) is 43.6 Å². The monoisotopic (exact) mass is 322 g/mol. The summed E-state index contributed by atoms with van der Waals surface area (Å²) in [4.78, 5) is 46.1. The van der Waals surface area contributed by atoms with Crippen LogP contribution in [0.1, 0.15) is 34.6 Å². The van der Waals surface area contributed by atoms with Crippen LogP contribution in [-0.2, 0) is 14.3 Å². The predicted octanol–water partition coefficient (Wildman–Crippen LogP) is 0.864. The van der Waals surface area contributed by atoms with E-state index in [0.29, 0.717) is 6.54 Å². The summed E-state index contributed by atoms with van der Waals surface area (Å²) in [5.74, 6) is -2.02. The van der Waals surface area contributed by atoms with Crippen molar-refractivity contribution in [2.45, 2.75) is 20.0 Å². The molecule has 124 valence electrons. The molecular weight excluding hydrogens is 304 g/mol. The first kappa shape index (κ1) is 18.1. The first-order chi connectivity index (χ1) is 10.9. The van der Waals surface area contributed by atoms with E-state index >= 15 is 0 Å². The highest BCUT2D eigenvalue weighted by Gasteiger charge is 2.20. The molecule has 1 unspecified atom stereocenters. The lowest BCUT2D eigenvalue weighted by molar-refractivity contribution is -0.127. The fraction of sp³-hybridized carbons (Fsp3) is 0.333. The summed E-state index contributed by atoms with van der Waals surface area (Å²) in [6, 6.07) is 4.90. The van der Waals surface area contributed by atoms with Gasteiger partial charge in [0.15, 0.2) is 6.10 Å². The van der Waals surface area contributed by atoms with Crippen LogP contribution in [0.15, 0.2) is 24.3 Å². The zero-order chi connectivity index (χ0) is 17.4. The Labute approximate surface area is 133 Å². The summed E-state index contributed by atoms with van der Waals surface area (Å²) in [5.41, 5.74) is 0.446. The molecule has 1 aromatic rings. The minimum absolute atomic E-state index is 0.162. The lowest BCUT2D eigenvalue weighted by Gasteiger charge is -2.13. The number of esters is 2. The molecule has 8 heteroatoms. The molecule has 0 aromatic heterocycles. The first-order valence-electron chi connectivity index (χ1n) is 6.87. The van der Waals surface area contributed by atoms with Crippen molar-refractivity contribution in [1.29, 1.82) is 0 Å². The number of carbonyl (C=O) groups excluding carboxylic acids is 4. The summed E-state index contributed by atoms with van der Waals surface area (Å²) >= 11 is 0. The van der Waals surface area contributed by atoms with Gasteiger partial charge in [0, 0.05) is 6.54 Å². The van der Waals surface area contributed by atoms with Crippen molar-refractivity contribution in [1.82, 2.24) is 10.6 Å². The van der Waals surface area contributed by atoms with Crippen LogP contribution in [0.2, 0.25) is 0 Å². The van der Waals surface area contributed by atoms with Crippen LogP contribution in [0.4, 0.5) is 4.79 Å². The van der Waals surface area contributed by atoms with Gasteiger partial charge < -0.3 is 14.8 Å². The number of benzene rings is 1. The van der Waals surface area contributed by atoms with E-state index in [4.69, 9.17) is 4.74 Å². The van der Waals surface area contributed by atoms with Crippen LogP contribution < -0.4 is 10.6 Å². The number of imide groups is 1. The summed E-state index contributed by atoms with van der Waals surface area (Å²) < 4.78 is 9.50. The summed E-state index contributed by atoms with van der Waals surface area (Å²) in [6.07, 6.45) is -1.15. The number of urea groups is 1. The molecule has 8 nitrogen and oxygen atoms in total. The Balaban J connectivity index is 2.62. The lowest BCUT2D eigenvalue weighted by atomic mass is 10.1. The van der Waals surface area contributed by atoms with E-state index < -0.39 is 30.0 Å². The Morgan fingerprint density at radius 1 is 1.04 bits per heavy atom. The number of carbonyl (C=O) groups is 4. The third-order valence-corrected chi connectivity index (χ3v) is 2.77. The molecule has 1 atom stereocenters. The third-order valence-electron chi connectivity index (χ3n) is 2.77. The predicted molar refractivity (Wildman–Crippen MR) is 79.9 cm³/mol. The van der Waals surface area contributed by atoms with Crippen LogP contribution >= 0.6 is 0 Å². The van der Waals surface area contributed by atoms with Crippen LogP contribution in [0.5, 0.6) is 0 Å². The van der Waals surface area contributed by atoms with Crippen molar-refractivity contribution < 1.29 is 28.7 Å². The fourth-order valence-corrected chi connectivity index (χ4v) is 1.56. The Hall–Kier alpha value is -2.90. The number of nitrogens with one attached hydrogen (secondary N) is 2. The van der Waals surface area contributed by atoms with Gasteiger partial charge in [-0.3, -0.25) is 10.1 Å². The quantitative estimate of drug-likeness (QED) is 0.778. The molecule has 1 rings (SSSR count). The van der Waals surface area contributed by atoms with Gasteiger partial charge in [-0.25, -0.2) is 14.4 Å². The van der Waals surface area contributed by atoms with Gasteiger partial charge in [-0.2, -0.15) is 0 Å². The average molecular weight is 322 g/mol. The van der Waals surface area contributed by atoms with Crippen molar-refractivity contribution in [3.63, 3.8) is 0 Å². The normalized spacial score (nSPS) is 11.1. The van der Waals surface area contributed by atoms with Crippen molar-refractivity contribution >= 4 is 23.9 Å². The third kappa shape index (κ3) is 5.42. The number of amides is 3. The second-order valence-electron chi connectivity index (χ2n) is 4.47. The molecule has 0 heterocycles. The van der Waals surface area contributed by atoms with Crippen LogP contribution in [0.3, 0.4) is 0 Å². The molecule has 0 aliphatic rings. The number of hydrogen-bond donors (Lipinski definition) is 2. The smallest absolute Gasteiger partial charge is 0.338 e. The Morgan fingerprint density at radius 3 is 2.04 bits per heavy atom. The molecule has 0 bridgehead atoms. The van der Waals surface area contributed by atoms with Crippen molar-refractivity contribution in [3.05, 3.63) is 35.4 Å². The van der Waals surface area contributed by atoms with Gasteiger partial charge in [-0.1, -0.05) is 0 Å². The fourth-order valence-electron chi connectivity index (χ4n) is 1.56. The van der Waals surface area contributed by atoms with Crippen LogP contribution in [0, 0.1) is 0 Å². The number of methoxy groups -OCH3 is 1. The second kappa shape index (κ2) is 8.52. The van der Waals surface area contributed by atoms with E-state index in [1.165, 1.54) is 38.3 Å². The average Bonchev–Trinajstić information content (AvgIpc) is 2.54. The lowest BCUT2D eigenvalue weighted by Crippen LogP contribution is -2.44. The molecule has 0 aliphatic carbocycles.